The summed E-state index contributed by atoms with van der Waals surface area (Å²) in [5.74, 6) is 2.11. The van der Waals surface area contributed by atoms with Crippen LogP contribution in [0.15, 0.2) is 22.8 Å². The van der Waals surface area contributed by atoms with Crippen molar-refractivity contribution >= 4 is 11.9 Å². The van der Waals surface area contributed by atoms with Crippen LogP contribution in [0.5, 0.6) is 0 Å². The molecule has 1 saturated carbocycles. The molecule has 0 aromatic carbocycles. The molecule has 3 amide bonds. The number of H-pyrrole nitrogens is 1. The number of aromatic nitrogens is 3. The van der Waals surface area contributed by atoms with E-state index in [-0.39, 0.29) is 24.5 Å². The van der Waals surface area contributed by atoms with Crippen LogP contribution in [0.1, 0.15) is 50.8 Å². The van der Waals surface area contributed by atoms with E-state index in [1.54, 1.807) is 18.4 Å². The number of carbonyl (C=O) groups excluding carboxylic acids is 2. The highest BCUT2D eigenvalue weighted by molar-refractivity contribution is 5.79. The normalized spacial score (nSPS) is 18.6. The van der Waals surface area contributed by atoms with Crippen molar-refractivity contribution in [1.82, 2.24) is 30.7 Å². The number of nitrogens with one attached hydrogen (secondary N) is 3. The van der Waals surface area contributed by atoms with Gasteiger partial charge in [0.1, 0.15) is 5.82 Å². The lowest BCUT2D eigenvalue weighted by atomic mass is 9.87. The summed E-state index contributed by atoms with van der Waals surface area (Å²) in [4.78, 5) is 31.1. The molecule has 0 bridgehead atoms. The van der Waals surface area contributed by atoms with E-state index in [0.29, 0.717) is 23.3 Å². The highest BCUT2D eigenvalue weighted by Crippen LogP contribution is 2.26. The third kappa shape index (κ3) is 4.96. The zero-order valence-electron chi connectivity index (χ0n) is 16.5. The first-order valence-corrected chi connectivity index (χ1v) is 10.5. The van der Waals surface area contributed by atoms with E-state index >= 15 is 0 Å². The number of hydrogen-bond donors (Lipinski definition) is 3. The number of urea groups is 1. The zero-order valence-corrected chi connectivity index (χ0v) is 16.5. The SMILES string of the molecule is O=C(NCc1nc(-c2ccco2)n[nH]1)NC1CCN(C(=O)C2CCCCC2)CC1. The maximum Gasteiger partial charge on any atom is 0.315 e. The van der Waals surface area contributed by atoms with Crippen LogP contribution in [0.4, 0.5) is 4.79 Å². The highest BCUT2D eigenvalue weighted by Gasteiger charge is 2.29. The average Bonchev–Trinajstić information content (AvgIpc) is 3.45. The van der Waals surface area contributed by atoms with Gasteiger partial charge in [-0.05, 0) is 37.8 Å². The minimum Gasteiger partial charge on any atom is -0.461 e. The van der Waals surface area contributed by atoms with E-state index in [2.05, 4.69) is 25.8 Å². The van der Waals surface area contributed by atoms with Gasteiger partial charge in [0, 0.05) is 25.0 Å². The largest absolute Gasteiger partial charge is 0.461 e. The zero-order chi connectivity index (χ0) is 20.1. The monoisotopic (exact) mass is 400 g/mol. The molecular formula is C20H28N6O3. The van der Waals surface area contributed by atoms with Crippen LogP contribution in [-0.2, 0) is 11.3 Å². The molecule has 9 nitrogen and oxygen atoms in total. The number of nitrogens with zero attached hydrogens (tertiary/aromatic N) is 3. The van der Waals surface area contributed by atoms with Gasteiger partial charge < -0.3 is 20.0 Å². The van der Waals surface area contributed by atoms with Gasteiger partial charge in [0.25, 0.3) is 0 Å². The minimum absolute atomic E-state index is 0.0822. The smallest absolute Gasteiger partial charge is 0.315 e. The van der Waals surface area contributed by atoms with Crippen LogP contribution < -0.4 is 10.6 Å². The lowest BCUT2D eigenvalue weighted by Crippen LogP contribution is -2.50. The minimum atomic E-state index is -0.238. The van der Waals surface area contributed by atoms with E-state index < -0.39 is 0 Å². The van der Waals surface area contributed by atoms with Gasteiger partial charge in [-0.3, -0.25) is 9.89 Å². The highest BCUT2D eigenvalue weighted by atomic mass is 16.3. The second-order valence-corrected chi connectivity index (χ2v) is 7.84. The first kappa shape index (κ1) is 19.5. The molecule has 2 aliphatic rings. The molecule has 1 aliphatic heterocycles. The Bertz CT molecular complexity index is 804. The molecule has 0 atom stereocenters. The van der Waals surface area contributed by atoms with Crippen molar-refractivity contribution in [2.24, 2.45) is 5.92 Å². The summed E-state index contributed by atoms with van der Waals surface area (Å²) in [5, 5.41) is 12.7. The summed E-state index contributed by atoms with van der Waals surface area (Å²) in [5.41, 5.74) is 0. The summed E-state index contributed by atoms with van der Waals surface area (Å²) < 4.78 is 5.25. The van der Waals surface area contributed by atoms with Crippen molar-refractivity contribution in [1.29, 1.82) is 0 Å². The lowest BCUT2D eigenvalue weighted by Gasteiger charge is -2.35. The van der Waals surface area contributed by atoms with E-state index in [0.717, 1.165) is 38.8 Å². The van der Waals surface area contributed by atoms with Crippen molar-refractivity contribution in [3.8, 4) is 11.6 Å². The van der Waals surface area contributed by atoms with E-state index in [4.69, 9.17) is 4.42 Å². The van der Waals surface area contributed by atoms with E-state index in [9.17, 15) is 9.59 Å². The Balaban J connectivity index is 1.18. The van der Waals surface area contributed by atoms with Gasteiger partial charge in [0.05, 0.1) is 12.8 Å². The lowest BCUT2D eigenvalue weighted by molar-refractivity contribution is -0.137. The van der Waals surface area contributed by atoms with Crippen LogP contribution in [-0.4, -0.2) is 51.2 Å². The molecule has 2 aromatic heterocycles. The fourth-order valence-electron chi connectivity index (χ4n) is 4.14. The fourth-order valence-corrected chi connectivity index (χ4v) is 4.14. The topological polar surface area (TPSA) is 116 Å². The van der Waals surface area contributed by atoms with Gasteiger partial charge in [0.15, 0.2) is 5.76 Å². The number of rotatable bonds is 5. The Hall–Kier alpha value is -2.84. The van der Waals surface area contributed by atoms with Crippen LogP contribution in [0.2, 0.25) is 0 Å². The van der Waals surface area contributed by atoms with Gasteiger partial charge in [-0.1, -0.05) is 19.3 Å². The molecular weight excluding hydrogens is 372 g/mol. The summed E-state index contributed by atoms with van der Waals surface area (Å²) in [6.45, 7) is 1.68. The molecule has 0 unspecified atom stereocenters. The van der Waals surface area contributed by atoms with Crippen molar-refractivity contribution < 1.29 is 14.0 Å². The van der Waals surface area contributed by atoms with Gasteiger partial charge in [-0.2, -0.15) is 0 Å². The molecule has 1 saturated heterocycles. The molecule has 0 spiro atoms. The van der Waals surface area contributed by atoms with Crippen molar-refractivity contribution in [2.75, 3.05) is 13.1 Å². The summed E-state index contributed by atoms with van der Waals surface area (Å²) in [6.07, 6.45) is 8.79. The number of carbonyl (C=O) groups is 2. The maximum atomic E-state index is 12.6. The Morgan fingerprint density at radius 3 is 2.69 bits per heavy atom. The maximum absolute atomic E-state index is 12.6. The molecule has 3 heterocycles. The van der Waals surface area contributed by atoms with Gasteiger partial charge in [-0.15, -0.1) is 5.10 Å². The van der Waals surface area contributed by atoms with Crippen LogP contribution >= 0.6 is 0 Å². The third-order valence-electron chi connectivity index (χ3n) is 5.79. The number of amides is 3. The fraction of sp³-hybridized carbons (Fsp3) is 0.600. The van der Waals surface area contributed by atoms with Crippen molar-refractivity contribution in [3.05, 3.63) is 24.2 Å². The summed E-state index contributed by atoms with van der Waals surface area (Å²) >= 11 is 0. The van der Waals surface area contributed by atoms with Crippen molar-refractivity contribution in [3.63, 3.8) is 0 Å². The standard InChI is InChI=1S/C20H28N6O3/c27-19(14-5-2-1-3-6-14)26-10-8-15(9-11-26)22-20(28)21-13-17-23-18(25-24-17)16-7-4-12-29-16/h4,7,12,14-15H,1-3,5-6,8-11,13H2,(H2,21,22,28)(H,23,24,25). The molecule has 1 aliphatic carbocycles. The van der Waals surface area contributed by atoms with E-state index in [1.165, 1.54) is 19.3 Å². The number of likely N-dealkylation sites (tertiary alicyclic amines) is 1. The Kier molecular flexibility index (Phi) is 6.12. The molecule has 29 heavy (non-hydrogen) atoms. The Morgan fingerprint density at radius 1 is 1.17 bits per heavy atom. The number of aromatic amines is 1. The molecule has 4 rings (SSSR count). The second-order valence-electron chi connectivity index (χ2n) is 7.84. The third-order valence-corrected chi connectivity index (χ3v) is 5.79. The first-order chi connectivity index (χ1) is 14.2. The molecule has 3 N–H and O–H groups in total. The van der Waals surface area contributed by atoms with Gasteiger partial charge >= 0.3 is 6.03 Å². The predicted octanol–water partition coefficient (Wildman–Crippen LogP) is 2.44. The van der Waals surface area contributed by atoms with Crippen LogP contribution in [0.25, 0.3) is 11.6 Å². The average molecular weight is 400 g/mol. The Labute approximate surface area is 169 Å². The molecule has 2 aromatic rings. The van der Waals surface area contributed by atoms with Gasteiger partial charge in [-0.25, -0.2) is 9.78 Å². The Morgan fingerprint density at radius 2 is 1.97 bits per heavy atom. The quantitative estimate of drug-likeness (QED) is 0.713. The molecule has 9 heteroatoms. The second kappa shape index (κ2) is 9.11. The van der Waals surface area contributed by atoms with Crippen LogP contribution in [0, 0.1) is 5.92 Å². The first-order valence-electron chi connectivity index (χ1n) is 10.5. The number of furan rings is 1. The van der Waals surface area contributed by atoms with Crippen LogP contribution in [0.3, 0.4) is 0 Å². The number of hydrogen-bond acceptors (Lipinski definition) is 5. The molecule has 0 radical (unpaired) electrons. The number of piperidine rings is 1. The van der Waals surface area contributed by atoms with Crippen molar-refractivity contribution in [2.45, 2.75) is 57.5 Å². The summed E-state index contributed by atoms with van der Waals surface area (Å²) in [6, 6.07) is 3.39. The predicted molar refractivity (Wildman–Crippen MR) is 106 cm³/mol. The summed E-state index contributed by atoms with van der Waals surface area (Å²) in [7, 11) is 0. The van der Waals surface area contributed by atoms with E-state index in [1.807, 2.05) is 4.90 Å². The molecule has 156 valence electrons. The molecule has 2 fully saturated rings. The van der Waals surface area contributed by atoms with Gasteiger partial charge in [0.2, 0.25) is 11.7 Å².